The Morgan fingerprint density at radius 2 is 1.89 bits per heavy atom. The van der Waals surface area contributed by atoms with Crippen LogP contribution in [0, 0.1) is 6.92 Å². The highest BCUT2D eigenvalue weighted by atomic mass is 16.5. The molecular weight excluding hydrogens is 486 g/mol. The lowest BCUT2D eigenvalue weighted by molar-refractivity contribution is -0.00461. The summed E-state index contributed by atoms with van der Waals surface area (Å²) in [7, 11) is 3.43. The maximum atomic E-state index is 12.5. The van der Waals surface area contributed by atoms with Gasteiger partial charge in [0, 0.05) is 44.8 Å². The molecule has 2 unspecified atom stereocenters. The monoisotopic (exact) mass is 519 g/mol. The highest BCUT2D eigenvalue weighted by Crippen LogP contribution is 2.30. The molecule has 38 heavy (non-hydrogen) atoms. The normalized spacial score (nSPS) is 17.9. The third-order valence-electron chi connectivity index (χ3n) is 6.92. The van der Waals surface area contributed by atoms with Crippen molar-refractivity contribution in [1.29, 1.82) is 0 Å². The fourth-order valence-electron chi connectivity index (χ4n) is 4.63. The van der Waals surface area contributed by atoms with E-state index in [0.29, 0.717) is 12.4 Å². The van der Waals surface area contributed by atoms with Crippen molar-refractivity contribution in [3.63, 3.8) is 0 Å². The zero-order valence-electron chi connectivity index (χ0n) is 22.6. The van der Waals surface area contributed by atoms with E-state index < -0.39 is 5.91 Å². The molecule has 0 bridgehead atoms. The summed E-state index contributed by atoms with van der Waals surface area (Å²) in [5.74, 6) is 0.0564. The number of nitrogens with one attached hydrogen (secondary N) is 1. The number of hydrogen-bond acceptors (Lipinski definition) is 9. The topological polar surface area (TPSA) is 120 Å². The number of carbonyl (C=O) groups excluding carboxylic acids is 1. The molecule has 3 aromatic heterocycles. The SMILES string of the molecule is COC1CN(c2cc3c(-c4ccc(CNC(=O)c5nc(C(C)(C)C)no5)c(C)c4)ncnn3c2)CC1OC. The lowest BCUT2D eigenvalue weighted by atomic mass is 9.96. The zero-order valence-corrected chi connectivity index (χ0v) is 22.6. The van der Waals surface area contributed by atoms with Gasteiger partial charge in [-0.15, -0.1) is 0 Å². The number of carbonyl (C=O) groups is 1. The highest BCUT2D eigenvalue weighted by molar-refractivity contribution is 5.89. The Labute approximate surface area is 221 Å². The van der Waals surface area contributed by atoms with Crippen LogP contribution in [0.5, 0.6) is 0 Å². The van der Waals surface area contributed by atoms with Crippen molar-refractivity contribution in [2.24, 2.45) is 0 Å². The van der Waals surface area contributed by atoms with Crippen molar-refractivity contribution >= 4 is 17.1 Å². The first-order valence-electron chi connectivity index (χ1n) is 12.5. The van der Waals surface area contributed by atoms with Gasteiger partial charge in [-0.1, -0.05) is 38.1 Å². The molecule has 1 fully saturated rings. The van der Waals surface area contributed by atoms with Crippen LogP contribution in [0.4, 0.5) is 5.69 Å². The van der Waals surface area contributed by atoms with Crippen LogP contribution in [0.25, 0.3) is 16.8 Å². The molecule has 0 aliphatic carbocycles. The summed E-state index contributed by atoms with van der Waals surface area (Å²) < 4.78 is 18.2. The van der Waals surface area contributed by atoms with Gasteiger partial charge in [-0.2, -0.15) is 10.1 Å². The lowest BCUT2D eigenvalue weighted by Crippen LogP contribution is -2.27. The van der Waals surface area contributed by atoms with Gasteiger partial charge >= 0.3 is 11.8 Å². The van der Waals surface area contributed by atoms with Crippen molar-refractivity contribution < 1.29 is 18.8 Å². The Morgan fingerprint density at radius 1 is 1.16 bits per heavy atom. The van der Waals surface area contributed by atoms with Gasteiger partial charge in [0.05, 0.1) is 23.1 Å². The Balaban J connectivity index is 1.33. The number of amides is 1. The summed E-state index contributed by atoms with van der Waals surface area (Å²) in [6, 6.07) is 8.17. The molecule has 1 N–H and O–H groups in total. The number of ether oxygens (including phenoxy) is 2. The smallest absolute Gasteiger partial charge is 0.315 e. The summed E-state index contributed by atoms with van der Waals surface area (Å²) in [5.41, 5.74) is 5.45. The molecule has 4 aromatic rings. The maximum Gasteiger partial charge on any atom is 0.315 e. The molecule has 200 valence electrons. The molecule has 4 heterocycles. The summed E-state index contributed by atoms with van der Waals surface area (Å²) in [6.45, 7) is 9.73. The minimum atomic E-state index is -0.400. The lowest BCUT2D eigenvalue weighted by Gasteiger charge is -2.15. The van der Waals surface area contributed by atoms with Gasteiger partial charge in [0.1, 0.15) is 18.5 Å². The number of hydrogen-bond donors (Lipinski definition) is 1. The summed E-state index contributed by atoms with van der Waals surface area (Å²) in [6.07, 6.45) is 3.60. The number of rotatable bonds is 7. The number of methoxy groups -OCH3 is 2. The summed E-state index contributed by atoms with van der Waals surface area (Å²) in [5, 5.41) is 11.2. The third kappa shape index (κ3) is 4.99. The zero-order chi connectivity index (χ0) is 27.0. The average Bonchev–Trinajstić information content (AvgIpc) is 3.64. The molecule has 1 aliphatic heterocycles. The van der Waals surface area contributed by atoms with Crippen LogP contribution >= 0.6 is 0 Å². The predicted molar refractivity (Wildman–Crippen MR) is 141 cm³/mol. The second-order valence-corrected chi connectivity index (χ2v) is 10.6. The average molecular weight is 520 g/mol. The van der Waals surface area contributed by atoms with Gasteiger partial charge in [0.2, 0.25) is 0 Å². The minimum Gasteiger partial charge on any atom is -0.377 e. The fourth-order valence-corrected chi connectivity index (χ4v) is 4.63. The van der Waals surface area contributed by atoms with E-state index in [9.17, 15) is 4.79 Å². The minimum absolute atomic E-state index is 0.0182. The molecule has 11 nitrogen and oxygen atoms in total. The van der Waals surface area contributed by atoms with Crippen molar-refractivity contribution in [2.75, 3.05) is 32.2 Å². The van der Waals surface area contributed by atoms with Crippen LogP contribution in [0.2, 0.25) is 0 Å². The van der Waals surface area contributed by atoms with Crippen molar-refractivity contribution in [3.8, 4) is 11.3 Å². The van der Waals surface area contributed by atoms with Gasteiger partial charge in [0.25, 0.3) is 0 Å². The molecule has 0 radical (unpaired) electrons. The number of aryl methyl sites for hydroxylation is 1. The van der Waals surface area contributed by atoms with Crippen molar-refractivity contribution in [1.82, 2.24) is 30.1 Å². The molecular formula is C27H33N7O4. The number of fused-ring (bicyclic) bond motifs is 1. The van der Waals surface area contributed by atoms with E-state index in [2.05, 4.69) is 42.6 Å². The van der Waals surface area contributed by atoms with Crippen molar-refractivity contribution in [2.45, 2.75) is 51.9 Å². The van der Waals surface area contributed by atoms with Crippen molar-refractivity contribution in [3.05, 3.63) is 59.6 Å². The Hall–Kier alpha value is -3.83. The van der Waals surface area contributed by atoms with Gasteiger partial charge < -0.3 is 24.2 Å². The van der Waals surface area contributed by atoms with Crippen LogP contribution in [-0.2, 0) is 21.4 Å². The van der Waals surface area contributed by atoms with E-state index in [0.717, 1.165) is 46.7 Å². The number of anilines is 1. The van der Waals surface area contributed by atoms with E-state index in [4.69, 9.17) is 14.0 Å². The first-order chi connectivity index (χ1) is 18.2. The number of aromatic nitrogens is 5. The van der Waals surface area contributed by atoms with Crippen LogP contribution in [0.1, 0.15) is 48.4 Å². The van der Waals surface area contributed by atoms with Crippen LogP contribution < -0.4 is 10.2 Å². The second kappa shape index (κ2) is 10.1. The quantitative estimate of drug-likeness (QED) is 0.392. The molecule has 1 amide bonds. The van der Waals surface area contributed by atoms with E-state index >= 15 is 0 Å². The molecule has 2 atom stereocenters. The Bertz CT molecular complexity index is 1440. The van der Waals surface area contributed by atoms with Gasteiger partial charge in [-0.3, -0.25) is 4.79 Å². The van der Waals surface area contributed by atoms with Gasteiger partial charge in [0.15, 0.2) is 5.82 Å². The molecule has 0 saturated carbocycles. The van der Waals surface area contributed by atoms with E-state index in [1.807, 2.05) is 50.5 Å². The van der Waals surface area contributed by atoms with Gasteiger partial charge in [-0.25, -0.2) is 9.50 Å². The standard InChI is InChI=1S/C27H33N7O4/c1-16-9-17(7-8-18(16)11-28-24(35)25-31-26(32-38-25)27(2,3)4)23-20-10-19(12-34(20)30-15-29-23)33-13-21(36-5)22(14-33)37-6/h7-10,12,15,21-22H,11,13-14H2,1-6H3,(H,28,35). The first kappa shape index (κ1) is 25.8. The predicted octanol–water partition coefficient (Wildman–Crippen LogP) is 3.17. The molecule has 11 heteroatoms. The van der Waals surface area contributed by atoms with Crippen LogP contribution in [-0.4, -0.2) is 70.2 Å². The van der Waals surface area contributed by atoms with Gasteiger partial charge in [-0.05, 0) is 30.2 Å². The molecule has 1 aliphatic rings. The Kier molecular flexibility index (Phi) is 6.89. The maximum absolute atomic E-state index is 12.5. The fraction of sp³-hybridized carbons (Fsp3) is 0.444. The first-order valence-corrected chi connectivity index (χ1v) is 12.5. The van der Waals surface area contributed by atoms with Crippen LogP contribution in [0.3, 0.4) is 0 Å². The number of nitrogens with zero attached hydrogens (tertiary/aromatic N) is 6. The Morgan fingerprint density at radius 3 is 2.53 bits per heavy atom. The second-order valence-electron chi connectivity index (χ2n) is 10.6. The van der Waals surface area contributed by atoms with E-state index in [1.54, 1.807) is 20.5 Å². The molecule has 5 rings (SSSR count). The summed E-state index contributed by atoms with van der Waals surface area (Å²) in [4.78, 5) is 23.6. The number of benzene rings is 1. The van der Waals surface area contributed by atoms with Crippen LogP contribution in [0.15, 0.2) is 41.3 Å². The molecule has 1 aromatic carbocycles. The largest absolute Gasteiger partial charge is 0.377 e. The van der Waals surface area contributed by atoms with E-state index in [1.165, 1.54) is 0 Å². The highest BCUT2D eigenvalue weighted by Gasteiger charge is 2.33. The van der Waals surface area contributed by atoms with E-state index in [-0.39, 0.29) is 23.5 Å². The molecule has 0 spiro atoms. The molecule has 1 saturated heterocycles. The third-order valence-corrected chi connectivity index (χ3v) is 6.92. The summed E-state index contributed by atoms with van der Waals surface area (Å²) >= 11 is 0.